The second-order valence-electron chi connectivity index (χ2n) is 8.96. The lowest BCUT2D eigenvalue weighted by Crippen LogP contribution is -2.54. The summed E-state index contributed by atoms with van der Waals surface area (Å²) in [5.74, 6) is -0.433. The molecule has 0 aromatic heterocycles. The minimum absolute atomic E-state index is 0.185. The highest BCUT2D eigenvalue weighted by molar-refractivity contribution is 6.39. The standard InChI is InChI=1S/C31H21Cl3N2O5/c32-22-3-1-2-20(14-22)17-40-25-10-4-19(5-11-25)15-27-29(37)35-31(39)36(30(27)38)24-8-12-26(13-9-24)41-18-21-6-7-23(33)16-28(21)34/h1-16H,17-18H2,(H,35,37,39)/b27-15+. The summed E-state index contributed by atoms with van der Waals surface area (Å²) in [6.07, 6.45) is 1.42. The van der Waals surface area contributed by atoms with Gasteiger partial charge in [-0.15, -0.1) is 0 Å². The number of barbiturate groups is 1. The summed E-state index contributed by atoms with van der Waals surface area (Å²) in [6.45, 7) is 0.530. The fraction of sp³-hybridized carbons (Fsp3) is 0.0645. The molecule has 206 valence electrons. The third kappa shape index (κ3) is 6.89. The summed E-state index contributed by atoms with van der Waals surface area (Å²) in [5.41, 5.74) is 2.34. The Labute approximate surface area is 250 Å². The second-order valence-corrected chi connectivity index (χ2v) is 10.2. The molecule has 4 aromatic carbocycles. The Morgan fingerprint density at radius 1 is 0.732 bits per heavy atom. The molecule has 1 aliphatic rings. The molecule has 0 atom stereocenters. The van der Waals surface area contributed by atoms with Crippen molar-refractivity contribution in [3.8, 4) is 11.5 Å². The van der Waals surface area contributed by atoms with E-state index in [0.29, 0.717) is 38.7 Å². The van der Waals surface area contributed by atoms with Crippen molar-refractivity contribution in [3.63, 3.8) is 0 Å². The summed E-state index contributed by atoms with van der Waals surface area (Å²) in [5, 5.41) is 3.85. The lowest BCUT2D eigenvalue weighted by Gasteiger charge is -2.26. The molecule has 1 heterocycles. The highest BCUT2D eigenvalue weighted by atomic mass is 35.5. The van der Waals surface area contributed by atoms with Crippen LogP contribution < -0.4 is 19.7 Å². The van der Waals surface area contributed by atoms with Gasteiger partial charge in [-0.05, 0) is 77.9 Å². The summed E-state index contributed by atoms with van der Waals surface area (Å²) < 4.78 is 11.6. The van der Waals surface area contributed by atoms with Gasteiger partial charge in [0.2, 0.25) is 0 Å². The number of carbonyl (C=O) groups is 3. The van der Waals surface area contributed by atoms with Crippen LogP contribution in [-0.4, -0.2) is 17.8 Å². The summed E-state index contributed by atoms with van der Waals surface area (Å²) in [7, 11) is 0. The van der Waals surface area contributed by atoms with Crippen molar-refractivity contribution in [3.05, 3.63) is 128 Å². The zero-order chi connectivity index (χ0) is 28.9. The lowest BCUT2D eigenvalue weighted by atomic mass is 10.1. The molecule has 1 N–H and O–H groups in total. The van der Waals surface area contributed by atoms with Crippen LogP contribution in [0.1, 0.15) is 16.7 Å². The quantitative estimate of drug-likeness (QED) is 0.166. The molecule has 1 aliphatic heterocycles. The number of hydrogen-bond acceptors (Lipinski definition) is 5. The van der Waals surface area contributed by atoms with Gasteiger partial charge in [-0.3, -0.25) is 14.9 Å². The molecule has 10 heteroatoms. The molecule has 0 saturated carbocycles. The summed E-state index contributed by atoms with van der Waals surface area (Å²) in [6, 6.07) is 24.8. The van der Waals surface area contributed by atoms with Gasteiger partial charge in [0.1, 0.15) is 30.3 Å². The molecule has 41 heavy (non-hydrogen) atoms. The molecular formula is C31H21Cl3N2O5. The Bertz CT molecular complexity index is 1650. The van der Waals surface area contributed by atoms with Gasteiger partial charge in [-0.25, -0.2) is 9.69 Å². The Hall–Kier alpha value is -4.30. The first-order valence-electron chi connectivity index (χ1n) is 12.3. The highest BCUT2D eigenvalue weighted by Crippen LogP contribution is 2.27. The van der Waals surface area contributed by atoms with Crippen molar-refractivity contribution >= 4 is 64.4 Å². The van der Waals surface area contributed by atoms with Gasteiger partial charge in [0.25, 0.3) is 11.8 Å². The van der Waals surface area contributed by atoms with Gasteiger partial charge in [0, 0.05) is 20.6 Å². The van der Waals surface area contributed by atoms with Crippen molar-refractivity contribution in [1.29, 1.82) is 0 Å². The van der Waals surface area contributed by atoms with Gasteiger partial charge >= 0.3 is 6.03 Å². The second kappa shape index (κ2) is 12.5. The van der Waals surface area contributed by atoms with Crippen LogP contribution in [0.25, 0.3) is 6.08 Å². The average Bonchev–Trinajstić information content (AvgIpc) is 2.95. The van der Waals surface area contributed by atoms with Crippen LogP contribution in [0, 0.1) is 0 Å². The predicted molar refractivity (Wildman–Crippen MR) is 158 cm³/mol. The van der Waals surface area contributed by atoms with E-state index in [0.717, 1.165) is 16.0 Å². The van der Waals surface area contributed by atoms with E-state index in [1.54, 1.807) is 72.8 Å². The average molecular weight is 608 g/mol. The fourth-order valence-electron chi connectivity index (χ4n) is 4.00. The van der Waals surface area contributed by atoms with Gasteiger partial charge < -0.3 is 9.47 Å². The largest absolute Gasteiger partial charge is 0.489 e. The van der Waals surface area contributed by atoms with Crippen molar-refractivity contribution in [1.82, 2.24) is 5.32 Å². The highest BCUT2D eigenvalue weighted by Gasteiger charge is 2.36. The van der Waals surface area contributed by atoms with Crippen molar-refractivity contribution in [2.75, 3.05) is 4.90 Å². The first-order chi connectivity index (χ1) is 19.8. The van der Waals surface area contributed by atoms with Crippen LogP contribution in [0.2, 0.25) is 15.1 Å². The van der Waals surface area contributed by atoms with Crippen LogP contribution in [0.3, 0.4) is 0 Å². The van der Waals surface area contributed by atoms with Crippen LogP contribution in [-0.2, 0) is 22.8 Å². The van der Waals surface area contributed by atoms with Crippen LogP contribution in [0.15, 0.2) is 96.6 Å². The Morgan fingerprint density at radius 2 is 1.39 bits per heavy atom. The molecule has 0 unspecified atom stereocenters. The van der Waals surface area contributed by atoms with E-state index in [1.165, 1.54) is 6.08 Å². The third-order valence-electron chi connectivity index (χ3n) is 6.09. The number of carbonyl (C=O) groups excluding carboxylic acids is 3. The Balaban J connectivity index is 1.26. The number of urea groups is 1. The SMILES string of the molecule is O=C1NC(=O)N(c2ccc(OCc3ccc(Cl)cc3Cl)cc2)C(=O)/C1=C/c1ccc(OCc2cccc(Cl)c2)cc1. The smallest absolute Gasteiger partial charge is 0.335 e. The zero-order valence-corrected chi connectivity index (χ0v) is 23.5. The number of rotatable bonds is 8. The molecule has 1 saturated heterocycles. The number of amides is 4. The number of nitrogens with one attached hydrogen (secondary N) is 1. The van der Waals surface area contributed by atoms with Crippen LogP contribution in [0.4, 0.5) is 10.5 Å². The number of halogens is 3. The summed E-state index contributed by atoms with van der Waals surface area (Å²) >= 11 is 18.1. The molecule has 5 rings (SSSR count). The fourth-order valence-corrected chi connectivity index (χ4v) is 4.68. The van der Waals surface area contributed by atoms with Gasteiger partial charge in [-0.1, -0.05) is 65.1 Å². The maximum absolute atomic E-state index is 13.2. The molecule has 4 amide bonds. The van der Waals surface area contributed by atoms with E-state index in [9.17, 15) is 14.4 Å². The maximum Gasteiger partial charge on any atom is 0.335 e. The van der Waals surface area contributed by atoms with Crippen LogP contribution in [0.5, 0.6) is 11.5 Å². The number of nitrogens with zero attached hydrogens (tertiary/aromatic N) is 1. The number of anilines is 1. The monoisotopic (exact) mass is 606 g/mol. The van der Waals surface area contributed by atoms with Crippen molar-refractivity contribution in [2.24, 2.45) is 0 Å². The van der Waals surface area contributed by atoms with Gasteiger partial charge in [0.05, 0.1) is 5.69 Å². The first kappa shape index (κ1) is 28.2. The number of ether oxygens (including phenoxy) is 2. The molecule has 7 nitrogen and oxygen atoms in total. The minimum atomic E-state index is -0.844. The number of imide groups is 2. The first-order valence-corrected chi connectivity index (χ1v) is 13.5. The lowest BCUT2D eigenvalue weighted by molar-refractivity contribution is -0.122. The Kier molecular flexibility index (Phi) is 8.59. The van der Waals surface area contributed by atoms with Gasteiger partial charge in [-0.2, -0.15) is 0 Å². The number of hydrogen-bond donors (Lipinski definition) is 1. The molecule has 0 aliphatic carbocycles. The molecule has 0 radical (unpaired) electrons. The third-order valence-corrected chi connectivity index (χ3v) is 6.91. The molecule has 4 aromatic rings. The molecule has 0 bridgehead atoms. The topological polar surface area (TPSA) is 84.9 Å². The predicted octanol–water partition coefficient (Wildman–Crippen LogP) is 7.47. The van der Waals surface area contributed by atoms with Crippen molar-refractivity contribution in [2.45, 2.75) is 13.2 Å². The Morgan fingerprint density at radius 3 is 2.07 bits per heavy atom. The van der Waals surface area contributed by atoms with E-state index >= 15 is 0 Å². The van der Waals surface area contributed by atoms with Crippen molar-refractivity contribution < 1.29 is 23.9 Å². The van der Waals surface area contributed by atoms with Gasteiger partial charge in [0.15, 0.2) is 0 Å². The summed E-state index contributed by atoms with van der Waals surface area (Å²) in [4.78, 5) is 39.3. The van der Waals surface area contributed by atoms with Crippen LogP contribution >= 0.6 is 34.8 Å². The number of benzene rings is 4. The van der Waals surface area contributed by atoms with E-state index in [1.807, 2.05) is 18.2 Å². The molecule has 0 spiro atoms. The molecule has 1 fully saturated rings. The van der Waals surface area contributed by atoms with E-state index in [2.05, 4.69) is 5.32 Å². The van der Waals surface area contributed by atoms with E-state index in [-0.39, 0.29) is 17.9 Å². The normalized spacial score (nSPS) is 14.3. The minimum Gasteiger partial charge on any atom is -0.489 e. The maximum atomic E-state index is 13.2. The molecular weight excluding hydrogens is 587 g/mol. The van der Waals surface area contributed by atoms with E-state index < -0.39 is 17.8 Å². The zero-order valence-electron chi connectivity index (χ0n) is 21.3. The van der Waals surface area contributed by atoms with E-state index in [4.69, 9.17) is 44.3 Å².